The number of epoxide rings is 1. The quantitative estimate of drug-likeness (QED) is 0.0811. The van der Waals surface area contributed by atoms with Gasteiger partial charge in [0.05, 0.1) is 48.8 Å². The fourth-order valence-corrected chi connectivity index (χ4v) is 6.00. The number of hydrogen-bond acceptors (Lipinski definition) is 14. The number of aliphatic carboxylic acids is 1. The maximum absolute atomic E-state index is 12.3. The molecule has 0 aromatic carbocycles. The Balaban J connectivity index is 0.00000166. The molecule has 4 aliphatic rings. The van der Waals surface area contributed by atoms with E-state index in [2.05, 4.69) is 24.8 Å². The average Bonchev–Trinajstić information content (AvgIpc) is 3.76. The number of thiocarbonyl (C=S) groups is 1. The number of nitrogens with two attached hydrogens (primary N) is 2. The largest absolute Gasteiger partial charge is 0.481 e. The van der Waals surface area contributed by atoms with E-state index < -0.39 is 97.3 Å². The average molecular weight is 759 g/mol. The summed E-state index contributed by atoms with van der Waals surface area (Å²) in [5.41, 5.74) is 10.7. The van der Waals surface area contributed by atoms with Gasteiger partial charge >= 0.3 is 11.9 Å². The molecule has 0 aromatic rings. The first-order valence-electron chi connectivity index (χ1n) is 16.6. The number of allylic oxidation sites excluding steroid dienone is 6. The lowest BCUT2D eigenvalue weighted by Gasteiger charge is -2.45. The molecule has 14 atom stereocenters. The fraction of sp³-hybridized carbons (Fsp3) is 0.618. The summed E-state index contributed by atoms with van der Waals surface area (Å²) in [6, 6.07) is -1.08. The molecule has 3 saturated heterocycles. The third-order valence-corrected chi connectivity index (χ3v) is 8.58. The van der Waals surface area contributed by atoms with Crippen LogP contribution in [0.2, 0.25) is 0 Å². The van der Waals surface area contributed by atoms with Gasteiger partial charge in [-0.3, -0.25) is 4.79 Å². The van der Waals surface area contributed by atoms with Crippen LogP contribution >= 0.6 is 24.8 Å². The van der Waals surface area contributed by atoms with E-state index in [1.54, 1.807) is 56.4 Å². The van der Waals surface area contributed by atoms with Crippen molar-refractivity contribution in [1.29, 1.82) is 0 Å². The number of aliphatic hydroxyl groups excluding tert-OH is 4. The zero-order chi connectivity index (χ0) is 37.9. The molecule has 0 radical (unpaired) electrons. The lowest BCUT2D eigenvalue weighted by molar-refractivity contribution is -0.308. The zero-order valence-electron chi connectivity index (χ0n) is 28.4. The summed E-state index contributed by atoms with van der Waals surface area (Å²) in [5, 5.41) is 63.9. The number of aliphatic hydroxyl groups is 5. The number of hydrogen-bond donors (Lipinski definition) is 9. The smallest absolute Gasteiger partial charge is 0.330 e. The van der Waals surface area contributed by atoms with Gasteiger partial charge in [0.15, 0.2) is 12.1 Å². The van der Waals surface area contributed by atoms with Gasteiger partial charge in [0.1, 0.15) is 28.6 Å². The molecule has 0 unspecified atom stereocenters. The summed E-state index contributed by atoms with van der Waals surface area (Å²) >= 11 is 7.65. The van der Waals surface area contributed by atoms with Gasteiger partial charge in [-0.2, -0.15) is 0 Å². The van der Waals surface area contributed by atoms with Crippen LogP contribution in [-0.4, -0.2) is 126 Å². The van der Waals surface area contributed by atoms with Gasteiger partial charge in [0, 0.05) is 38.2 Å². The van der Waals surface area contributed by atoms with Crippen LogP contribution in [0.4, 0.5) is 0 Å². The van der Waals surface area contributed by atoms with Gasteiger partial charge in [-0.25, -0.2) is 4.79 Å². The molecule has 0 aliphatic carbocycles. The molecule has 4 rings (SSSR count). The predicted octanol–water partition coefficient (Wildman–Crippen LogP) is 0.280. The number of ether oxygens (including phenoxy) is 5. The van der Waals surface area contributed by atoms with Gasteiger partial charge in [0.25, 0.3) is 0 Å². The van der Waals surface area contributed by atoms with E-state index in [1.165, 1.54) is 12.2 Å². The number of carboxylic acid groups (broad SMARTS) is 1. The summed E-state index contributed by atoms with van der Waals surface area (Å²) in [6.07, 6.45) is 5.25. The molecule has 3 fully saturated rings. The maximum atomic E-state index is 12.3. The molecule has 4 heterocycles. The van der Waals surface area contributed by atoms with Crippen molar-refractivity contribution in [2.24, 2.45) is 17.4 Å². The Morgan fingerprint density at radius 1 is 0.980 bits per heavy atom. The van der Waals surface area contributed by atoms with Crippen LogP contribution in [0, 0.1) is 5.92 Å². The van der Waals surface area contributed by atoms with Gasteiger partial charge < -0.3 is 65.8 Å². The van der Waals surface area contributed by atoms with E-state index in [-0.39, 0.29) is 29.7 Å². The second-order valence-corrected chi connectivity index (χ2v) is 14.1. The van der Waals surface area contributed by atoms with E-state index in [0.717, 1.165) is 0 Å². The fourth-order valence-electron chi connectivity index (χ4n) is 6.00. The third kappa shape index (κ3) is 14.1. The number of fused-ring (bicyclic) bond motifs is 3. The van der Waals surface area contributed by atoms with Crippen LogP contribution in [0.5, 0.6) is 0 Å². The molecular formula is C34H50N2O13S2. The SMILES string of the molecule is C[C@@H]1C/C=C/C=C/C=C/C=C/[C@H](O[C@@H]2O[C@H](C)[C@@H](O)[C@H](N)[C@@H]2O)C[C@@H]2O[C@](O)(C[C@@H](O)C[C@H]3O[C@@H]3/C=C/C(=O)O1)C[C@H](O)[C@H]2C(=O)O.NC(=S)S. The standard InChI is InChI=1S/C33H47NO13.CH3NS2/c1-18-10-8-6-4-3-5-7-9-11-21(45-32-30(39)28(34)29(38)19(2)44-32)15-25-27(31(40)41)22(36)17-33(42,47-25)16-20(35)14-24-23(46-24)12-13-26(37)43-18;2-1(3)4/h3-9,11-13,18-25,27-30,32,35-36,38-39,42H,10,14-17,34H2,1-2H3,(H,40,41);(H3,2,3,4)/b4-3+,7-5+,8-6+,11-9+,13-12+;/t18-,19-,20+,21+,22+,23-,24-,25+,27-,28+,29-,30+,32+,33-;/m1./s1. The van der Waals surface area contributed by atoms with Crippen LogP contribution in [0.3, 0.4) is 0 Å². The number of carbonyl (C=O) groups is 2. The molecular weight excluding hydrogens is 709 g/mol. The highest BCUT2D eigenvalue weighted by Gasteiger charge is 2.51. The highest BCUT2D eigenvalue weighted by atomic mass is 32.1. The Bertz CT molecular complexity index is 1320. The molecule has 0 saturated carbocycles. The Kier molecular flexibility index (Phi) is 16.9. The Morgan fingerprint density at radius 3 is 2.29 bits per heavy atom. The van der Waals surface area contributed by atoms with E-state index >= 15 is 0 Å². The molecule has 10 N–H and O–H groups in total. The van der Waals surface area contributed by atoms with Crippen molar-refractivity contribution in [1.82, 2.24) is 0 Å². The Hall–Kier alpha value is -2.52. The van der Waals surface area contributed by atoms with Crippen molar-refractivity contribution in [2.45, 2.75) is 125 Å². The molecule has 2 bridgehead atoms. The van der Waals surface area contributed by atoms with Crippen molar-refractivity contribution in [3.8, 4) is 0 Å². The number of carboxylic acids is 1. The third-order valence-electron chi connectivity index (χ3n) is 8.58. The van der Waals surface area contributed by atoms with Gasteiger partial charge in [-0.1, -0.05) is 60.8 Å². The second kappa shape index (κ2) is 20.1. The molecule has 0 amide bonds. The minimum atomic E-state index is -2.10. The van der Waals surface area contributed by atoms with E-state index in [1.807, 2.05) is 6.08 Å². The lowest BCUT2D eigenvalue weighted by atomic mass is 9.83. The van der Waals surface area contributed by atoms with Crippen molar-refractivity contribution in [3.63, 3.8) is 0 Å². The number of esters is 1. The number of rotatable bonds is 3. The van der Waals surface area contributed by atoms with Crippen LogP contribution < -0.4 is 11.5 Å². The Labute approximate surface area is 307 Å². The zero-order valence-corrected chi connectivity index (χ0v) is 30.1. The maximum Gasteiger partial charge on any atom is 0.330 e. The molecule has 17 heteroatoms. The lowest BCUT2D eigenvalue weighted by Crippen LogP contribution is -2.61. The molecule has 51 heavy (non-hydrogen) atoms. The minimum absolute atomic E-state index is 0.0789. The number of cyclic esters (lactones) is 1. The van der Waals surface area contributed by atoms with E-state index in [9.17, 15) is 40.2 Å². The van der Waals surface area contributed by atoms with Crippen LogP contribution in [0.25, 0.3) is 0 Å². The minimum Gasteiger partial charge on any atom is -0.481 e. The van der Waals surface area contributed by atoms with E-state index in [4.69, 9.17) is 35.2 Å². The normalized spacial score (nSPS) is 44.0. The molecule has 15 nitrogen and oxygen atoms in total. The van der Waals surface area contributed by atoms with Crippen LogP contribution in [-0.2, 0) is 33.3 Å². The summed E-state index contributed by atoms with van der Waals surface area (Å²) in [5.74, 6) is -5.45. The number of thiol groups is 1. The van der Waals surface area contributed by atoms with Crippen LogP contribution in [0.15, 0.2) is 60.8 Å². The predicted molar refractivity (Wildman–Crippen MR) is 191 cm³/mol. The first-order valence-corrected chi connectivity index (χ1v) is 17.5. The topological polar surface area (TPSA) is 257 Å². The molecule has 4 aliphatic heterocycles. The summed E-state index contributed by atoms with van der Waals surface area (Å²) in [7, 11) is 0. The van der Waals surface area contributed by atoms with Gasteiger partial charge in [0.2, 0.25) is 0 Å². The summed E-state index contributed by atoms with van der Waals surface area (Å²) in [6.45, 7) is 3.34. The Morgan fingerprint density at radius 2 is 1.63 bits per heavy atom. The summed E-state index contributed by atoms with van der Waals surface area (Å²) < 4.78 is 28.7. The monoisotopic (exact) mass is 758 g/mol. The molecule has 0 aromatic heterocycles. The highest BCUT2D eigenvalue weighted by molar-refractivity contribution is 8.10. The molecule has 0 spiro atoms. The van der Waals surface area contributed by atoms with E-state index in [0.29, 0.717) is 6.42 Å². The van der Waals surface area contributed by atoms with Gasteiger partial charge in [-0.05, 0) is 19.9 Å². The van der Waals surface area contributed by atoms with Gasteiger partial charge in [-0.15, -0.1) is 12.6 Å². The molecule has 286 valence electrons. The number of carbonyl (C=O) groups excluding carboxylic acids is 1. The first kappa shape index (κ1) is 42.9. The first-order chi connectivity index (χ1) is 24.0. The summed E-state index contributed by atoms with van der Waals surface area (Å²) in [4.78, 5) is 24.4. The highest BCUT2D eigenvalue weighted by Crippen LogP contribution is 2.39. The second-order valence-electron chi connectivity index (χ2n) is 12.9. The van der Waals surface area contributed by atoms with Crippen molar-refractivity contribution in [3.05, 3.63) is 60.8 Å². The van der Waals surface area contributed by atoms with Crippen molar-refractivity contribution in [2.75, 3.05) is 0 Å². The van der Waals surface area contributed by atoms with Crippen molar-refractivity contribution >= 4 is 41.1 Å². The van der Waals surface area contributed by atoms with Crippen molar-refractivity contribution < 1.29 is 63.9 Å². The van der Waals surface area contributed by atoms with Crippen LogP contribution in [0.1, 0.15) is 46.0 Å².